The number of nitrogens with zero attached hydrogens (tertiary/aromatic N) is 1. The quantitative estimate of drug-likeness (QED) is 0.607. The van der Waals surface area contributed by atoms with Gasteiger partial charge in [0.15, 0.2) is 0 Å². The highest BCUT2D eigenvalue weighted by Crippen LogP contribution is 2.45. The maximum Gasteiger partial charge on any atom is 0.251 e. The summed E-state index contributed by atoms with van der Waals surface area (Å²) >= 11 is 6.15. The molecule has 1 aliphatic rings. The smallest absolute Gasteiger partial charge is 0.251 e. The summed E-state index contributed by atoms with van der Waals surface area (Å²) < 4.78 is 0. The molecule has 0 atom stereocenters. The molecular weight excluding hydrogens is 398 g/mol. The number of carbonyl (C=O) groups excluding carboxylic acids is 2. The number of carbonyl (C=O) groups is 2. The maximum atomic E-state index is 13.2. The molecular formula is C24H22ClN3O2. The van der Waals surface area contributed by atoms with Crippen molar-refractivity contribution in [1.82, 2.24) is 10.3 Å². The van der Waals surface area contributed by atoms with Gasteiger partial charge in [-0.15, -0.1) is 0 Å². The molecule has 0 aliphatic heterocycles. The monoisotopic (exact) mass is 419 g/mol. The van der Waals surface area contributed by atoms with Crippen LogP contribution in [0.25, 0.3) is 0 Å². The van der Waals surface area contributed by atoms with Crippen molar-refractivity contribution in [2.75, 3.05) is 5.32 Å². The lowest BCUT2D eigenvalue weighted by Crippen LogP contribution is -2.46. The van der Waals surface area contributed by atoms with Gasteiger partial charge in [0.25, 0.3) is 5.91 Å². The lowest BCUT2D eigenvalue weighted by atomic mass is 9.64. The number of rotatable bonds is 6. The van der Waals surface area contributed by atoms with Crippen molar-refractivity contribution in [3.8, 4) is 0 Å². The Morgan fingerprint density at radius 3 is 2.53 bits per heavy atom. The van der Waals surface area contributed by atoms with E-state index in [4.69, 9.17) is 11.6 Å². The zero-order valence-corrected chi connectivity index (χ0v) is 17.2. The second kappa shape index (κ2) is 8.67. The number of pyridine rings is 1. The van der Waals surface area contributed by atoms with Gasteiger partial charge in [-0.25, -0.2) is 0 Å². The number of aromatic nitrogens is 1. The van der Waals surface area contributed by atoms with E-state index in [2.05, 4.69) is 15.6 Å². The molecule has 3 aromatic rings. The highest BCUT2D eigenvalue weighted by Gasteiger charge is 2.45. The fourth-order valence-electron chi connectivity index (χ4n) is 3.73. The average molecular weight is 420 g/mol. The second-order valence-electron chi connectivity index (χ2n) is 7.48. The largest absolute Gasteiger partial charge is 0.346 e. The van der Waals surface area contributed by atoms with E-state index in [1.165, 1.54) is 0 Å². The summed E-state index contributed by atoms with van der Waals surface area (Å²) in [5.41, 5.74) is 2.22. The molecule has 5 nitrogen and oxygen atoms in total. The SMILES string of the molecule is O=C(NCc1ccccn1)c1cccc(NC(=O)C2(c3cccc(Cl)c3)CCC2)c1. The third-order valence-corrected chi connectivity index (χ3v) is 5.79. The number of benzene rings is 2. The van der Waals surface area contributed by atoms with Crippen LogP contribution < -0.4 is 10.6 Å². The van der Waals surface area contributed by atoms with E-state index in [-0.39, 0.29) is 11.8 Å². The van der Waals surface area contributed by atoms with Crippen molar-refractivity contribution in [3.05, 3.63) is 94.8 Å². The highest BCUT2D eigenvalue weighted by atomic mass is 35.5. The summed E-state index contributed by atoms with van der Waals surface area (Å²) in [6.07, 6.45) is 4.25. The summed E-state index contributed by atoms with van der Waals surface area (Å²) in [6.45, 7) is 0.341. The Hall–Kier alpha value is -3.18. The third kappa shape index (κ3) is 4.21. The predicted octanol–water partition coefficient (Wildman–Crippen LogP) is 4.73. The van der Waals surface area contributed by atoms with Crippen molar-refractivity contribution in [3.63, 3.8) is 0 Å². The highest BCUT2D eigenvalue weighted by molar-refractivity contribution is 6.30. The van der Waals surface area contributed by atoms with E-state index in [1.54, 1.807) is 30.5 Å². The van der Waals surface area contributed by atoms with Gasteiger partial charge in [-0.05, 0) is 60.9 Å². The van der Waals surface area contributed by atoms with E-state index >= 15 is 0 Å². The zero-order chi connectivity index (χ0) is 21.0. The van der Waals surface area contributed by atoms with Crippen LogP contribution in [0, 0.1) is 0 Å². The molecule has 1 aliphatic carbocycles. The minimum atomic E-state index is -0.567. The summed E-state index contributed by atoms with van der Waals surface area (Å²) in [7, 11) is 0. The van der Waals surface area contributed by atoms with Crippen LogP contribution in [0.3, 0.4) is 0 Å². The minimum Gasteiger partial charge on any atom is -0.346 e. The molecule has 0 bridgehead atoms. The van der Waals surface area contributed by atoms with Gasteiger partial charge in [0.05, 0.1) is 17.7 Å². The van der Waals surface area contributed by atoms with Gasteiger partial charge >= 0.3 is 0 Å². The Bertz CT molecular complexity index is 1060. The van der Waals surface area contributed by atoms with Gasteiger partial charge in [-0.3, -0.25) is 14.6 Å². The van der Waals surface area contributed by atoms with Gasteiger partial charge < -0.3 is 10.6 Å². The average Bonchev–Trinajstić information content (AvgIpc) is 2.72. The van der Waals surface area contributed by atoms with Gasteiger partial charge in [0, 0.05) is 22.5 Å². The number of nitrogens with one attached hydrogen (secondary N) is 2. The lowest BCUT2D eigenvalue weighted by molar-refractivity contribution is -0.124. The Labute approximate surface area is 180 Å². The number of anilines is 1. The molecule has 0 radical (unpaired) electrons. The first-order valence-corrected chi connectivity index (χ1v) is 10.3. The second-order valence-corrected chi connectivity index (χ2v) is 7.92. The molecule has 1 saturated carbocycles. The Morgan fingerprint density at radius 1 is 1.00 bits per heavy atom. The van der Waals surface area contributed by atoms with Crippen LogP contribution in [-0.4, -0.2) is 16.8 Å². The molecule has 30 heavy (non-hydrogen) atoms. The number of halogens is 1. The Kier molecular flexibility index (Phi) is 5.81. The normalized spacial score (nSPS) is 14.4. The van der Waals surface area contributed by atoms with Crippen molar-refractivity contribution in [2.45, 2.75) is 31.2 Å². The van der Waals surface area contributed by atoms with Crippen molar-refractivity contribution in [2.24, 2.45) is 0 Å². The van der Waals surface area contributed by atoms with Crippen LogP contribution in [0.2, 0.25) is 5.02 Å². The van der Waals surface area contributed by atoms with Gasteiger partial charge in [0.1, 0.15) is 0 Å². The number of amides is 2. The zero-order valence-electron chi connectivity index (χ0n) is 16.4. The first-order valence-electron chi connectivity index (χ1n) is 9.92. The van der Waals surface area contributed by atoms with Gasteiger partial charge in [-0.2, -0.15) is 0 Å². The van der Waals surface area contributed by atoms with Crippen LogP contribution in [0.1, 0.15) is 40.9 Å². The molecule has 1 aromatic heterocycles. The Morgan fingerprint density at radius 2 is 1.83 bits per heavy atom. The molecule has 0 saturated heterocycles. The molecule has 4 rings (SSSR count). The summed E-state index contributed by atoms with van der Waals surface area (Å²) in [5.74, 6) is -0.285. The number of hydrogen-bond acceptors (Lipinski definition) is 3. The van der Waals surface area contributed by atoms with E-state index in [0.717, 1.165) is 30.5 Å². The van der Waals surface area contributed by atoms with Gasteiger partial charge in [0.2, 0.25) is 5.91 Å². The van der Waals surface area contributed by atoms with Crippen molar-refractivity contribution in [1.29, 1.82) is 0 Å². The molecule has 0 unspecified atom stereocenters. The van der Waals surface area contributed by atoms with Crippen molar-refractivity contribution < 1.29 is 9.59 Å². The molecule has 6 heteroatoms. The van der Waals surface area contributed by atoms with Crippen LogP contribution in [0.5, 0.6) is 0 Å². The third-order valence-electron chi connectivity index (χ3n) is 5.56. The topological polar surface area (TPSA) is 71.1 Å². The molecule has 2 amide bonds. The van der Waals surface area contributed by atoms with Crippen molar-refractivity contribution >= 4 is 29.1 Å². The molecule has 0 spiro atoms. The standard InChI is InChI=1S/C24H22ClN3O2/c25-19-8-4-7-18(15-19)24(11-5-12-24)23(30)28-20-10-3-6-17(14-20)22(29)27-16-21-9-1-2-13-26-21/h1-4,6-10,13-15H,5,11-12,16H2,(H,27,29)(H,28,30). The Balaban J connectivity index is 1.46. The fraction of sp³-hybridized carbons (Fsp3) is 0.208. The predicted molar refractivity (Wildman–Crippen MR) is 117 cm³/mol. The molecule has 2 N–H and O–H groups in total. The summed E-state index contributed by atoms with van der Waals surface area (Å²) in [4.78, 5) is 29.9. The fourth-order valence-corrected chi connectivity index (χ4v) is 3.92. The van der Waals surface area contributed by atoms with Crippen LogP contribution in [0.4, 0.5) is 5.69 Å². The first kappa shape index (κ1) is 20.1. The maximum absolute atomic E-state index is 13.2. The lowest BCUT2D eigenvalue weighted by Gasteiger charge is -2.40. The summed E-state index contributed by atoms with van der Waals surface area (Å²) in [5, 5.41) is 6.47. The van der Waals surface area contributed by atoms with E-state index in [0.29, 0.717) is 22.8 Å². The van der Waals surface area contributed by atoms with Crippen LogP contribution >= 0.6 is 11.6 Å². The molecule has 1 fully saturated rings. The van der Waals surface area contributed by atoms with E-state index in [9.17, 15) is 9.59 Å². The minimum absolute atomic E-state index is 0.0675. The number of hydrogen-bond donors (Lipinski definition) is 2. The van der Waals surface area contributed by atoms with Crippen LogP contribution in [-0.2, 0) is 16.8 Å². The molecule has 2 aromatic carbocycles. The molecule has 1 heterocycles. The first-order chi connectivity index (χ1) is 14.6. The van der Waals surface area contributed by atoms with Gasteiger partial charge in [-0.1, -0.05) is 42.3 Å². The summed E-state index contributed by atoms with van der Waals surface area (Å²) in [6, 6.07) is 20.0. The van der Waals surface area contributed by atoms with Crippen LogP contribution in [0.15, 0.2) is 72.9 Å². The van der Waals surface area contributed by atoms with E-state index in [1.807, 2.05) is 42.5 Å². The van der Waals surface area contributed by atoms with E-state index < -0.39 is 5.41 Å². The molecule has 152 valence electrons.